The number of nitrogens with zero attached hydrogens (tertiary/aromatic N) is 1. The summed E-state index contributed by atoms with van der Waals surface area (Å²) in [5.74, 6) is -3.95. The molecule has 0 saturated carbocycles. The van der Waals surface area contributed by atoms with Gasteiger partial charge >= 0.3 is 12.3 Å². The van der Waals surface area contributed by atoms with Gasteiger partial charge in [0.25, 0.3) is 0 Å². The summed E-state index contributed by atoms with van der Waals surface area (Å²) in [5, 5.41) is 2.15. The maximum absolute atomic E-state index is 12.5. The van der Waals surface area contributed by atoms with Gasteiger partial charge in [0.15, 0.2) is 0 Å². The standard InChI is InChI=1S/C8H7BrF4N2/c9-5-2-1-3-14-6(5)15-4-8(12,13)7(10)11/h1-3,7H,4H2,(H,14,15). The van der Waals surface area contributed by atoms with Crippen LogP contribution in [0.15, 0.2) is 22.8 Å². The maximum atomic E-state index is 12.5. The molecule has 1 rings (SSSR count). The lowest BCUT2D eigenvalue weighted by molar-refractivity contribution is -0.117. The van der Waals surface area contributed by atoms with Crippen molar-refractivity contribution in [3.8, 4) is 0 Å². The van der Waals surface area contributed by atoms with E-state index in [1.54, 1.807) is 12.1 Å². The van der Waals surface area contributed by atoms with Crippen LogP contribution in [0.1, 0.15) is 0 Å². The van der Waals surface area contributed by atoms with E-state index in [-0.39, 0.29) is 5.82 Å². The average molecular weight is 287 g/mol. The summed E-state index contributed by atoms with van der Waals surface area (Å²) in [6, 6.07) is 3.15. The molecule has 15 heavy (non-hydrogen) atoms. The molecule has 1 heterocycles. The highest BCUT2D eigenvalue weighted by molar-refractivity contribution is 9.10. The van der Waals surface area contributed by atoms with E-state index in [1.807, 2.05) is 0 Å². The maximum Gasteiger partial charge on any atom is 0.324 e. The molecule has 0 radical (unpaired) electrons. The largest absolute Gasteiger partial charge is 0.363 e. The van der Waals surface area contributed by atoms with Gasteiger partial charge in [-0.25, -0.2) is 13.8 Å². The van der Waals surface area contributed by atoms with Gasteiger partial charge in [0.1, 0.15) is 5.82 Å². The number of aromatic nitrogens is 1. The van der Waals surface area contributed by atoms with Crippen molar-refractivity contribution in [2.45, 2.75) is 12.3 Å². The quantitative estimate of drug-likeness (QED) is 0.860. The molecule has 0 aliphatic heterocycles. The van der Waals surface area contributed by atoms with Crippen molar-refractivity contribution >= 4 is 21.7 Å². The molecule has 0 fully saturated rings. The zero-order valence-electron chi connectivity index (χ0n) is 7.35. The number of alkyl halides is 4. The highest BCUT2D eigenvalue weighted by atomic mass is 79.9. The smallest absolute Gasteiger partial charge is 0.324 e. The topological polar surface area (TPSA) is 24.9 Å². The van der Waals surface area contributed by atoms with Gasteiger partial charge in [0, 0.05) is 6.20 Å². The fourth-order valence-corrected chi connectivity index (χ4v) is 1.19. The van der Waals surface area contributed by atoms with Gasteiger partial charge in [-0.3, -0.25) is 0 Å². The van der Waals surface area contributed by atoms with Crippen molar-refractivity contribution in [1.29, 1.82) is 0 Å². The van der Waals surface area contributed by atoms with Crippen molar-refractivity contribution in [3.05, 3.63) is 22.8 Å². The van der Waals surface area contributed by atoms with Gasteiger partial charge < -0.3 is 5.32 Å². The Morgan fingerprint density at radius 2 is 2.13 bits per heavy atom. The van der Waals surface area contributed by atoms with Gasteiger partial charge in [0.2, 0.25) is 0 Å². The third-order valence-corrected chi connectivity index (χ3v) is 2.21. The van der Waals surface area contributed by atoms with Crippen LogP contribution in [-0.2, 0) is 0 Å². The molecular weight excluding hydrogens is 280 g/mol. The Hall–Kier alpha value is -0.850. The van der Waals surface area contributed by atoms with Crippen LogP contribution in [0.3, 0.4) is 0 Å². The number of halogens is 5. The first-order valence-corrected chi connectivity index (χ1v) is 4.73. The molecule has 7 heteroatoms. The molecule has 0 aliphatic carbocycles. The monoisotopic (exact) mass is 286 g/mol. The molecule has 0 amide bonds. The Bertz CT molecular complexity index is 332. The van der Waals surface area contributed by atoms with Gasteiger partial charge in [-0.2, -0.15) is 8.78 Å². The van der Waals surface area contributed by atoms with E-state index in [0.717, 1.165) is 0 Å². The van der Waals surface area contributed by atoms with Crippen LogP contribution in [0.5, 0.6) is 0 Å². The van der Waals surface area contributed by atoms with Crippen LogP contribution in [0.2, 0.25) is 0 Å². The molecule has 0 bridgehead atoms. The normalized spacial score (nSPS) is 11.9. The van der Waals surface area contributed by atoms with Crippen molar-refractivity contribution in [1.82, 2.24) is 4.98 Å². The second-order valence-corrected chi connectivity index (χ2v) is 3.60. The Balaban J connectivity index is 2.62. The summed E-state index contributed by atoms with van der Waals surface area (Å²) >= 11 is 3.04. The van der Waals surface area contributed by atoms with Gasteiger partial charge in [-0.15, -0.1) is 0 Å². The average Bonchev–Trinajstić information content (AvgIpc) is 2.16. The molecule has 0 atom stereocenters. The van der Waals surface area contributed by atoms with Crippen LogP contribution in [-0.4, -0.2) is 23.9 Å². The lowest BCUT2D eigenvalue weighted by Crippen LogP contribution is -2.35. The SMILES string of the molecule is FC(F)C(F)(F)CNc1ncccc1Br. The molecule has 2 nitrogen and oxygen atoms in total. The minimum Gasteiger partial charge on any atom is -0.363 e. The van der Waals surface area contributed by atoms with Crippen molar-refractivity contribution < 1.29 is 17.6 Å². The van der Waals surface area contributed by atoms with E-state index in [9.17, 15) is 17.6 Å². The molecule has 0 spiro atoms. The first-order chi connectivity index (χ1) is 6.93. The van der Waals surface area contributed by atoms with E-state index in [0.29, 0.717) is 4.47 Å². The first kappa shape index (κ1) is 12.2. The molecule has 1 aromatic rings. The Kier molecular flexibility index (Phi) is 3.90. The number of pyridine rings is 1. The van der Waals surface area contributed by atoms with Crippen molar-refractivity contribution in [2.75, 3.05) is 11.9 Å². The second kappa shape index (κ2) is 4.78. The summed E-state index contributed by atoms with van der Waals surface area (Å²) in [7, 11) is 0. The van der Waals surface area contributed by atoms with E-state index in [2.05, 4.69) is 26.2 Å². The zero-order chi connectivity index (χ0) is 11.5. The number of rotatable bonds is 4. The zero-order valence-corrected chi connectivity index (χ0v) is 8.94. The van der Waals surface area contributed by atoms with E-state index in [4.69, 9.17) is 0 Å². The highest BCUT2D eigenvalue weighted by Gasteiger charge is 2.40. The Morgan fingerprint density at radius 1 is 1.47 bits per heavy atom. The van der Waals surface area contributed by atoms with Crippen LogP contribution in [0, 0.1) is 0 Å². The molecule has 1 aromatic heterocycles. The number of nitrogens with one attached hydrogen (secondary N) is 1. The molecule has 0 aliphatic rings. The van der Waals surface area contributed by atoms with Crippen LogP contribution in [0.25, 0.3) is 0 Å². The molecule has 0 aromatic carbocycles. The first-order valence-electron chi connectivity index (χ1n) is 3.94. The van der Waals surface area contributed by atoms with Gasteiger partial charge in [0.05, 0.1) is 11.0 Å². The minimum atomic E-state index is -4.06. The fourth-order valence-electron chi connectivity index (χ4n) is 0.794. The van der Waals surface area contributed by atoms with Gasteiger partial charge in [-0.1, -0.05) is 0 Å². The second-order valence-electron chi connectivity index (χ2n) is 2.75. The number of hydrogen-bond acceptors (Lipinski definition) is 2. The van der Waals surface area contributed by atoms with E-state index >= 15 is 0 Å². The summed E-state index contributed by atoms with van der Waals surface area (Å²) in [4.78, 5) is 3.70. The van der Waals surface area contributed by atoms with Crippen molar-refractivity contribution in [3.63, 3.8) is 0 Å². The molecule has 1 N–H and O–H groups in total. The van der Waals surface area contributed by atoms with Crippen molar-refractivity contribution in [2.24, 2.45) is 0 Å². The lowest BCUT2D eigenvalue weighted by Gasteiger charge is -2.16. The highest BCUT2D eigenvalue weighted by Crippen LogP contribution is 2.25. The van der Waals surface area contributed by atoms with E-state index < -0.39 is 18.9 Å². The Morgan fingerprint density at radius 3 is 2.67 bits per heavy atom. The number of anilines is 1. The third kappa shape index (κ3) is 3.33. The van der Waals surface area contributed by atoms with Crippen LogP contribution < -0.4 is 5.32 Å². The predicted octanol–water partition coefficient (Wildman–Crippen LogP) is 3.16. The Labute approximate surface area is 91.8 Å². The minimum absolute atomic E-state index is 0.109. The van der Waals surface area contributed by atoms with Gasteiger partial charge in [-0.05, 0) is 28.1 Å². The summed E-state index contributed by atoms with van der Waals surface area (Å²) in [6.45, 7) is -1.15. The molecule has 0 unspecified atom stereocenters. The third-order valence-electron chi connectivity index (χ3n) is 1.57. The molecule has 84 valence electrons. The molecular formula is C8H7BrF4N2. The lowest BCUT2D eigenvalue weighted by atomic mass is 10.3. The predicted molar refractivity (Wildman–Crippen MR) is 51.4 cm³/mol. The summed E-state index contributed by atoms with van der Waals surface area (Å²) in [5.41, 5.74) is 0. The number of hydrogen-bond donors (Lipinski definition) is 1. The van der Waals surface area contributed by atoms with Crippen LogP contribution in [0.4, 0.5) is 23.4 Å². The summed E-state index contributed by atoms with van der Waals surface area (Å²) < 4.78 is 49.0. The summed E-state index contributed by atoms with van der Waals surface area (Å²) in [6.07, 6.45) is -2.32. The fraction of sp³-hybridized carbons (Fsp3) is 0.375. The van der Waals surface area contributed by atoms with Crippen LogP contribution >= 0.6 is 15.9 Å². The van der Waals surface area contributed by atoms with E-state index in [1.165, 1.54) is 6.20 Å². The molecule has 0 saturated heterocycles.